The Kier molecular flexibility index (Phi) is 4.85. The second-order valence-electron chi connectivity index (χ2n) is 4.85. The Balaban J connectivity index is 1.91. The Morgan fingerprint density at radius 1 is 1.37 bits per heavy atom. The van der Waals surface area contributed by atoms with E-state index in [9.17, 15) is 13.6 Å². The van der Waals surface area contributed by atoms with E-state index < -0.39 is 11.6 Å². The van der Waals surface area contributed by atoms with E-state index in [-0.39, 0.29) is 23.9 Å². The summed E-state index contributed by atoms with van der Waals surface area (Å²) >= 11 is 0. The van der Waals surface area contributed by atoms with E-state index in [1.807, 2.05) is 0 Å². The molecule has 1 amide bonds. The molecule has 1 heterocycles. The minimum Gasteiger partial charge on any atom is -0.352 e. The number of rotatable bonds is 3. The SMILES string of the molecule is O=C(Cc1cccc(F)c1F)NC1CCCCNC1. The molecule has 1 unspecified atom stereocenters. The van der Waals surface area contributed by atoms with Crippen LogP contribution in [0.15, 0.2) is 18.2 Å². The zero-order valence-electron chi connectivity index (χ0n) is 10.7. The van der Waals surface area contributed by atoms with Crippen molar-refractivity contribution >= 4 is 5.91 Å². The molecule has 1 fully saturated rings. The predicted molar refractivity (Wildman–Crippen MR) is 68.7 cm³/mol. The smallest absolute Gasteiger partial charge is 0.224 e. The van der Waals surface area contributed by atoms with Crippen LogP contribution in [-0.4, -0.2) is 25.0 Å². The number of amides is 1. The first kappa shape index (κ1) is 13.9. The lowest BCUT2D eigenvalue weighted by atomic mass is 10.1. The van der Waals surface area contributed by atoms with Gasteiger partial charge in [0.05, 0.1) is 6.42 Å². The Bertz CT molecular complexity index is 443. The summed E-state index contributed by atoms with van der Waals surface area (Å²) in [5.74, 6) is -2.11. The van der Waals surface area contributed by atoms with Gasteiger partial charge in [-0.25, -0.2) is 8.78 Å². The second kappa shape index (κ2) is 6.61. The number of halogens is 2. The molecule has 2 rings (SSSR count). The normalized spacial score (nSPS) is 19.8. The van der Waals surface area contributed by atoms with Crippen molar-refractivity contribution in [2.24, 2.45) is 0 Å². The van der Waals surface area contributed by atoms with Gasteiger partial charge in [-0.05, 0) is 25.5 Å². The van der Waals surface area contributed by atoms with Crippen molar-refractivity contribution < 1.29 is 13.6 Å². The quantitative estimate of drug-likeness (QED) is 0.877. The van der Waals surface area contributed by atoms with Crippen molar-refractivity contribution in [3.8, 4) is 0 Å². The fourth-order valence-electron chi connectivity index (χ4n) is 2.28. The van der Waals surface area contributed by atoms with E-state index in [2.05, 4.69) is 10.6 Å². The monoisotopic (exact) mass is 268 g/mol. The molecule has 3 nitrogen and oxygen atoms in total. The number of nitrogens with one attached hydrogen (secondary N) is 2. The van der Waals surface area contributed by atoms with Gasteiger partial charge in [0.25, 0.3) is 0 Å². The molecule has 1 aromatic rings. The highest BCUT2D eigenvalue weighted by molar-refractivity contribution is 5.78. The molecule has 1 atom stereocenters. The topological polar surface area (TPSA) is 41.1 Å². The third-order valence-corrected chi connectivity index (χ3v) is 3.29. The van der Waals surface area contributed by atoms with Crippen LogP contribution in [0, 0.1) is 11.6 Å². The molecule has 104 valence electrons. The van der Waals surface area contributed by atoms with Gasteiger partial charge in [-0.2, -0.15) is 0 Å². The van der Waals surface area contributed by atoms with E-state index in [4.69, 9.17) is 0 Å². The summed E-state index contributed by atoms with van der Waals surface area (Å²) in [4.78, 5) is 11.8. The molecule has 0 radical (unpaired) electrons. The minimum atomic E-state index is -0.934. The van der Waals surface area contributed by atoms with Crippen molar-refractivity contribution in [1.82, 2.24) is 10.6 Å². The van der Waals surface area contributed by atoms with Crippen LogP contribution in [0.4, 0.5) is 8.78 Å². The lowest BCUT2D eigenvalue weighted by Gasteiger charge is -2.16. The van der Waals surface area contributed by atoms with Crippen LogP contribution >= 0.6 is 0 Å². The van der Waals surface area contributed by atoms with Gasteiger partial charge in [-0.1, -0.05) is 18.6 Å². The number of hydrogen-bond donors (Lipinski definition) is 2. The highest BCUT2D eigenvalue weighted by Gasteiger charge is 2.16. The van der Waals surface area contributed by atoms with Crippen LogP contribution in [0.1, 0.15) is 24.8 Å². The van der Waals surface area contributed by atoms with Crippen LogP contribution in [-0.2, 0) is 11.2 Å². The average Bonchev–Trinajstić information content (AvgIpc) is 2.63. The van der Waals surface area contributed by atoms with E-state index in [1.54, 1.807) is 0 Å². The summed E-state index contributed by atoms with van der Waals surface area (Å²) in [5.41, 5.74) is 0.0964. The van der Waals surface area contributed by atoms with E-state index >= 15 is 0 Å². The minimum absolute atomic E-state index is 0.0756. The summed E-state index contributed by atoms with van der Waals surface area (Å²) in [6, 6.07) is 3.97. The molecule has 1 aromatic carbocycles. The first-order chi connectivity index (χ1) is 9.16. The molecule has 2 N–H and O–H groups in total. The summed E-state index contributed by atoms with van der Waals surface area (Å²) in [7, 11) is 0. The van der Waals surface area contributed by atoms with Crippen molar-refractivity contribution in [3.05, 3.63) is 35.4 Å². The van der Waals surface area contributed by atoms with Gasteiger partial charge in [0.1, 0.15) is 0 Å². The van der Waals surface area contributed by atoms with Crippen LogP contribution in [0.25, 0.3) is 0 Å². The molecule has 1 saturated heterocycles. The molecule has 19 heavy (non-hydrogen) atoms. The zero-order valence-corrected chi connectivity index (χ0v) is 10.7. The standard InChI is InChI=1S/C14H18F2N2O/c15-12-6-3-4-10(14(12)16)8-13(19)18-11-5-1-2-7-17-9-11/h3-4,6,11,17H,1-2,5,7-9H2,(H,18,19). The predicted octanol–water partition coefficient (Wildman–Crippen LogP) is 1.77. The van der Waals surface area contributed by atoms with Gasteiger partial charge in [-0.15, -0.1) is 0 Å². The summed E-state index contributed by atoms with van der Waals surface area (Å²) in [6.45, 7) is 1.70. The Hall–Kier alpha value is -1.49. The lowest BCUT2D eigenvalue weighted by molar-refractivity contribution is -0.121. The van der Waals surface area contributed by atoms with Crippen LogP contribution in [0.3, 0.4) is 0 Å². The number of carbonyl (C=O) groups is 1. The molecular weight excluding hydrogens is 250 g/mol. The molecule has 0 saturated carbocycles. The van der Waals surface area contributed by atoms with E-state index in [0.29, 0.717) is 0 Å². The molecular formula is C14H18F2N2O. The highest BCUT2D eigenvalue weighted by Crippen LogP contribution is 2.12. The molecule has 0 aromatic heterocycles. The van der Waals surface area contributed by atoms with Crippen LogP contribution < -0.4 is 10.6 Å². The second-order valence-corrected chi connectivity index (χ2v) is 4.85. The molecule has 0 spiro atoms. The van der Waals surface area contributed by atoms with Gasteiger partial charge in [0.2, 0.25) is 5.91 Å². The molecule has 1 aliphatic rings. The van der Waals surface area contributed by atoms with E-state index in [0.717, 1.165) is 38.4 Å². The third-order valence-electron chi connectivity index (χ3n) is 3.29. The maximum atomic E-state index is 13.4. The van der Waals surface area contributed by atoms with Crippen molar-refractivity contribution in [2.45, 2.75) is 31.7 Å². The molecule has 5 heteroatoms. The summed E-state index contributed by atoms with van der Waals surface area (Å²) < 4.78 is 26.5. The Morgan fingerprint density at radius 3 is 3.05 bits per heavy atom. The van der Waals surface area contributed by atoms with Crippen LogP contribution in [0.2, 0.25) is 0 Å². The van der Waals surface area contributed by atoms with Crippen molar-refractivity contribution in [1.29, 1.82) is 0 Å². The van der Waals surface area contributed by atoms with Gasteiger partial charge in [0.15, 0.2) is 11.6 Å². The molecule has 0 aliphatic carbocycles. The van der Waals surface area contributed by atoms with Gasteiger partial charge in [0, 0.05) is 18.2 Å². The largest absolute Gasteiger partial charge is 0.352 e. The fourth-order valence-corrected chi connectivity index (χ4v) is 2.28. The number of carbonyl (C=O) groups excluding carboxylic acids is 1. The Labute approximate surface area is 111 Å². The fraction of sp³-hybridized carbons (Fsp3) is 0.500. The van der Waals surface area contributed by atoms with Crippen molar-refractivity contribution in [2.75, 3.05) is 13.1 Å². The van der Waals surface area contributed by atoms with Gasteiger partial charge in [-0.3, -0.25) is 4.79 Å². The first-order valence-corrected chi connectivity index (χ1v) is 6.60. The summed E-state index contributed by atoms with van der Waals surface area (Å²) in [5, 5.41) is 6.10. The highest BCUT2D eigenvalue weighted by atomic mass is 19.2. The lowest BCUT2D eigenvalue weighted by Crippen LogP contribution is -2.41. The molecule has 0 bridgehead atoms. The van der Waals surface area contributed by atoms with Gasteiger partial charge >= 0.3 is 0 Å². The first-order valence-electron chi connectivity index (χ1n) is 6.60. The number of hydrogen-bond acceptors (Lipinski definition) is 2. The van der Waals surface area contributed by atoms with E-state index in [1.165, 1.54) is 12.1 Å². The summed E-state index contributed by atoms with van der Waals surface area (Å²) in [6.07, 6.45) is 2.96. The maximum Gasteiger partial charge on any atom is 0.224 e. The molecule has 1 aliphatic heterocycles. The maximum absolute atomic E-state index is 13.4. The zero-order chi connectivity index (χ0) is 13.7. The van der Waals surface area contributed by atoms with Crippen LogP contribution in [0.5, 0.6) is 0 Å². The third kappa shape index (κ3) is 3.99. The van der Waals surface area contributed by atoms with Gasteiger partial charge < -0.3 is 10.6 Å². The number of benzene rings is 1. The average molecular weight is 268 g/mol. The Morgan fingerprint density at radius 2 is 2.21 bits per heavy atom. The van der Waals surface area contributed by atoms with Crippen molar-refractivity contribution in [3.63, 3.8) is 0 Å².